The highest BCUT2D eigenvalue weighted by Gasteiger charge is 2.32. The van der Waals surface area contributed by atoms with Crippen molar-refractivity contribution in [1.82, 2.24) is 0 Å². The maximum Gasteiger partial charge on any atom is 0.189 e. The Labute approximate surface area is 100 Å². The number of halogens is 3. The van der Waals surface area contributed by atoms with Crippen molar-refractivity contribution >= 4 is 45.2 Å². The van der Waals surface area contributed by atoms with Crippen LogP contribution < -0.4 is 0 Å². The zero-order valence-corrected chi connectivity index (χ0v) is 11.3. The lowest BCUT2D eigenvalue weighted by atomic mass is 10.1. The molecule has 0 radical (unpaired) electrons. The molecule has 0 aliphatic rings. The Morgan fingerprint density at radius 3 is 2.50 bits per heavy atom. The smallest absolute Gasteiger partial charge is 0.189 e. The van der Waals surface area contributed by atoms with Crippen LogP contribution in [-0.2, 0) is 0 Å². The highest BCUT2D eigenvalue weighted by Crippen LogP contribution is 2.35. The van der Waals surface area contributed by atoms with Crippen LogP contribution in [0, 0.1) is 11.3 Å². The van der Waals surface area contributed by atoms with Gasteiger partial charge in [0.25, 0.3) is 0 Å². The molecule has 0 aliphatic carbocycles. The van der Waals surface area contributed by atoms with Crippen molar-refractivity contribution in [2.24, 2.45) is 0 Å². The second-order valence-electron chi connectivity index (χ2n) is 2.70. The molecule has 0 aromatic heterocycles. The van der Waals surface area contributed by atoms with Gasteiger partial charge in [0, 0.05) is 0 Å². The van der Waals surface area contributed by atoms with Crippen molar-refractivity contribution in [3.05, 3.63) is 0 Å². The van der Waals surface area contributed by atoms with Gasteiger partial charge in [-0.25, -0.2) is 4.39 Å². The second-order valence-corrected chi connectivity index (χ2v) is 8.17. The lowest BCUT2D eigenvalue weighted by Crippen LogP contribution is -2.23. The van der Waals surface area contributed by atoms with Gasteiger partial charge in [0.1, 0.15) is 6.17 Å². The monoisotopic (exact) mass is 395 g/mol. The van der Waals surface area contributed by atoms with Gasteiger partial charge in [-0.1, -0.05) is 26.2 Å². The number of nitriles is 1. The largest absolute Gasteiger partial charge is 0.244 e. The first-order valence-electron chi connectivity index (χ1n) is 3.97. The summed E-state index contributed by atoms with van der Waals surface area (Å²) >= 11 is 3.74. The lowest BCUT2D eigenvalue weighted by Gasteiger charge is -2.16. The summed E-state index contributed by atoms with van der Waals surface area (Å²) in [6.45, 7) is 2.08. The van der Waals surface area contributed by atoms with Gasteiger partial charge >= 0.3 is 0 Å². The summed E-state index contributed by atoms with van der Waals surface area (Å²) in [5, 5.41) is 8.62. The molecule has 70 valence electrons. The third-order valence-corrected chi connectivity index (χ3v) is 3.44. The fourth-order valence-corrected chi connectivity index (χ4v) is 1.45. The Balaban J connectivity index is 3.73. The van der Waals surface area contributed by atoms with Crippen LogP contribution in [0.25, 0.3) is 0 Å². The van der Waals surface area contributed by atoms with Gasteiger partial charge in [-0.2, -0.15) is 5.26 Å². The Hall–Kier alpha value is 0.880. The van der Waals surface area contributed by atoms with Gasteiger partial charge in [0.2, 0.25) is 0 Å². The summed E-state index contributed by atoms with van der Waals surface area (Å²) in [4.78, 5) is 0. The molecule has 1 nitrogen and oxygen atoms in total. The van der Waals surface area contributed by atoms with E-state index < -0.39 is 7.60 Å². The molecule has 0 rings (SSSR count). The molecule has 4 heteroatoms. The van der Waals surface area contributed by atoms with Crippen molar-refractivity contribution in [3.8, 4) is 6.07 Å². The van der Waals surface area contributed by atoms with Crippen molar-refractivity contribution in [2.45, 2.75) is 40.2 Å². The molecule has 1 atom stereocenters. The predicted molar refractivity (Wildman–Crippen MR) is 65.4 cm³/mol. The zero-order chi connectivity index (χ0) is 9.61. The van der Waals surface area contributed by atoms with E-state index in [1.54, 1.807) is 0 Å². The van der Waals surface area contributed by atoms with Crippen LogP contribution in [0.5, 0.6) is 0 Å². The predicted octanol–water partition coefficient (Wildman–Crippen LogP) is 3.99. The average molecular weight is 395 g/mol. The summed E-state index contributed by atoms with van der Waals surface area (Å²) in [6, 6.07) is 1.97. The molecule has 0 spiro atoms. The van der Waals surface area contributed by atoms with E-state index in [4.69, 9.17) is 5.26 Å². The molecule has 0 aromatic rings. The Bertz CT molecular complexity index is 165. The normalized spacial score (nSPS) is 13.9. The van der Waals surface area contributed by atoms with Crippen LogP contribution in [0.2, 0.25) is 0 Å². The fourth-order valence-electron chi connectivity index (χ4n) is 0.825. The van der Waals surface area contributed by atoms with Gasteiger partial charge < -0.3 is 0 Å². The summed E-state index contributed by atoms with van der Waals surface area (Å²) in [7, 11) is 0. The lowest BCUT2D eigenvalue weighted by molar-refractivity contribution is 0.317. The standard InChI is InChI=1S/C8H12FI2N/c1-2-3-4-5-7(9)8(10,11)6-12/h7H,2-5H2,1H3. The van der Waals surface area contributed by atoms with E-state index in [9.17, 15) is 4.39 Å². The first-order valence-corrected chi connectivity index (χ1v) is 6.13. The molecule has 0 aromatic carbocycles. The van der Waals surface area contributed by atoms with Gasteiger partial charge in [-0.05, 0) is 51.6 Å². The minimum Gasteiger partial charge on any atom is -0.244 e. The van der Waals surface area contributed by atoms with E-state index >= 15 is 0 Å². The molecule has 0 fully saturated rings. The molecule has 12 heavy (non-hydrogen) atoms. The van der Waals surface area contributed by atoms with E-state index in [1.807, 2.05) is 51.3 Å². The van der Waals surface area contributed by atoms with Gasteiger partial charge in [0.15, 0.2) is 1.43 Å². The number of hydrogen-bond acceptors (Lipinski definition) is 1. The van der Waals surface area contributed by atoms with E-state index in [-0.39, 0.29) is 0 Å². The molecule has 0 N–H and O–H groups in total. The van der Waals surface area contributed by atoms with Crippen LogP contribution in [-0.4, -0.2) is 7.60 Å². The van der Waals surface area contributed by atoms with Gasteiger partial charge in [-0.3, -0.25) is 0 Å². The Morgan fingerprint density at radius 1 is 1.50 bits per heavy atom. The Morgan fingerprint density at radius 2 is 2.08 bits per heavy atom. The summed E-state index contributed by atoms with van der Waals surface area (Å²) < 4.78 is 12.4. The van der Waals surface area contributed by atoms with Crippen LogP contribution in [0.1, 0.15) is 32.6 Å². The molecule has 0 amide bonds. The number of alkyl halides is 3. The topological polar surface area (TPSA) is 23.8 Å². The van der Waals surface area contributed by atoms with Crippen molar-refractivity contribution in [2.75, 3.05) is 0 Å². The molecule has 1 unspecified atom stereocenters. The molecular weight excluding hydrogens is 383 g/mol. The quantitative estimate of drug-likeness (QED) is 0.393. The van der Waals surface area contributed by atoms with Crippen LogP contribution in [0.4, 0.5) is 4.39 Å². The summed E-state index contributed by atoms with van der Waals surface area (Å²) in [6.07, 6.45) is 2.53. The number of hydrogen-bond donors (Lipinski definition) is 0. The second kappa shape index (κ2) is 6.35. The van der Waals surface area contributed by atoms with Crippen molar-refractivity contribution in [1.29, 1.82) is 5.26 Å². The minimum atomic E-state index is -1.00. The number of nitrogens with zero attached hydrogens (tertiary/aromatic N) is 1. The third kappa shape index (κ3) is 4.80. The highest BCUT2D eigenvalue weighted by atomic mass is 127. The highest BCUT2D eigenvalue weighted by molar-refractivity contribution is 14.2. The van der Waals surface area contributed by atoms with Gasteiger partial charge in [-0.15, -0.1) is 0 Å². The van der Waals surface area contributed by atoms with E-state index in [0.29, 0.717) is 6.42 Å². The molecule has 0 saturated carbocycles. The number of unbranched alkanes of at least 4 members (excludes halogenated alkanes) is 2. The number of rotatable bonds is 5. The van der Waals surface area contributed by atoms with Gasteiger partial charge in [0.05, 0.1) is 6.07 Å². The van der Waals surface area contributed by atoms with E-state index in [2.05, 4.69) is 6.92 Å². The SMILES string of the molecule is CCCCCC(F)C(I)(I)C#N. The maximum absolute atomic E-state index is 13.3. The average Bonchev–Trinajstić information content (AvgIpc) is 2.05. The maximum atomic E-state index is 13.3. The fraction of sp³-hybridized carbons (Fsp3) is 0.875. The molecule has 0 bridgehead atoms. The zero-order valence-electron chi connectivity index (χ0n) is 6.99. The van der Waals surface area contributed by atoms with Crippen LogP contribution >= 0.6 is 45.2 Å². The van der Waals surface area contributed by atoms with E-state index in [1.165, 1.54) is 0 Å². The molecule has 0 heterocycles. The van der Waals surface area contributed by atoms with Crippen molar-refractivity contribution < 1.29 is 4.39 Å². The molecule has 0 aliphatic heterocycles. The first-order chi connectivity index (χ1) is 5.54. The Kier molecular flexibility index (Phi) is 6.82. The third-order valence-electron chi connectivity index (χ3n) is 1.60. The summed E-state index contributed by atoms with van der Waals surface area (Å²) in [5.41, 5.74) is 0. The summed E-state index contributed by atoms with van der Waals surface area (Å²) in [5.74, 6) is 0. The first kappa shape index (κ1) is 12.9. The molecule has 0 saturated heterocycles. The van der Waals surface area contributed by atoms with Crippen LogP contribution in [0.3, 0.4) is 0 Å². The molecular formula is C8H12FI2N. The van der Waals surface area contributed by atoms with Crippen molar-refractivity contribution in [3.63, 3.8) is 0 Å². The van der Waals surface area contributed by atoms with E-state index in [0.717, 1.165) is 19.3 Å². The van der Waals surface area contributed by atoms with Crippen LogP contribution in [0.15, 0.2) is 0 Å². The minimum absolute atomic E-state index is 0.507.